The molecule has 0 rings (SSSR count). The highest BCUT2D eigenvalue weighted by Gasteiger charge is 2.38. The molecule has 0 amide bonds. The topological polar surface area (TPSA) is 52.6 Å². The van der Waals surface area contributed by atoms with E-state index < -0.39 is 15.5 Å². The van der Waals surface area contributed by atoms with Gasteiger partial charge in [-0.25, -0.2) is 0 Å². The molecule has 0 aliphatic heterocycles. The van der Waals surface area contributed by atoms with Gasteiger partial charge in [-0.05, 0) is 48.5 Å². The molecule has 0 spiro atoms. The largest absolute Gasteiger partial charge is 0.365 e. The average molecular weight is 430 g/mol. The van der Waals surface area contributed by atoms with Crippen molar-refractivity contribution in [3.63, 3.8) is 0 Å². The molecule has 6 heteroatoms. The van der Waals surface area contributed by atoms with Crippen molar-refractivity contribution in [3.8, 4) is 0 Å². The summed E-state index contributed by atoms with van der Waals surface area (Å²) in [6, 6.07) is 0. The average Bonchev–Trinajstić information content (AvgIpc) is 2.31. The molecule has 0 saturated heterocycles. The molecule has 0 saturated carbocycles. The van der Waals surface area contributed by atoms with Gasteiger partial charge in [0.2, 0.25) is 0 Å². The summed E-state index contributed by atoms with van der Waals surface area (Å²) in [4.78, 5) is 23.9. The molecular formula is C15H26Br2O4. The second-order valence-electron chi connectivity index (χ2n) is 6.50. The lowest BCUT2D eigenvalue weighted by molar-refractivity contribution is -0.151. The van der Waals surface area contributed by atoms with Crippen molar-refractivity contribution in [1.29, 1.82) is 0 Å². The minimum absolute atomic E-state index is 0.0283. The van der Waals surface area contributed by atoms with Gasteiger partial charge in [-0.15, -0.1) is 0 Å². The highest BCUT2D eigenvalue weighted by Crippen LogP contribution is 2.26. The second-order valence-corrected chi connectivity index (χ2v) is 9.86. The van der Waals surface area contributed by atoms with E-state index in [1.165, 1.54) is 0 Å². The molecule has 0 aromatic heterocycles. The fourth-order valence-electron chi connectivity index (χ4n) is 1.93. The Morgan fingerprint density at radius 3 is 1.67 bits per heavy atom. The van der Waals surface area contributed by atoms with Crippen LogP contribution in [0.4, 0.5) is 0 Å². The van der Waals surface area contributed by atoms with Gasteiger partial charge < -0.3 is 9.47 Å². The van der Waals surface area contributed by atoms with Gasteiger partial charge in [-0.1, -0.05) is 31.9 Å². The summed E-state index contributed by atoms with van der Waals surface area (Å²) in [5.74, 6) is -0.0705. The molecule has 21 heavy (non-hydrogen) atoms. The molecule has 1 unspecified atom stereocenters. The monoisotopic (exact) mass is 428 g/mol. The van der Waals surface area contributed by atoms with E-state index in [0.717, 1.165) is 0 Å². The predicted molar refractivity (Wildman–Crippen MR) is 91.5 cm³/mol. The van der Waals surface area contributed by atoms with Crippen LogP contribution in [0.1, 0.15) is 48.5 Å². The van der Waals surface area contributed by atoms with E-state index in [9.17, 15) is 9.59 Å². The van der Waals surface area contributed by atoms with E-state index in [4.69, 9.17) is 9.47 Å². The van der Waals surface area contributed by atoms with Gasteiger partial charge in [0, 0.05) is 0 Å². The Balaban J connectivity index is 4.39. The molecule has 124 valence electrons. The van der Waals surface area contributed by atoms with E-state index in [1.54, 1.807) is 48.5 Å². The van der Waals surface area contributed by atoms with Gasteiger partial charge in [0.05, 0.1) is 22.4 Å². The molecular weight excluding hydrogens is 404 g/mol. The summed E-state index contributed by atoms with van der Waals surface area (Å²) in [5.41, 5.74) is -1.79. The van der Waals surface area contributed by atoms with Crippen LogP contribution < -0.4 is 0 Å². The summed E-state index contributed by atoms with van der Waals surface area (Å²) >= 11 is 6.59. The van der Waals surface area contributed by atoms with Crippen LogP contribution in [0, 0.1) is 0 Å². The number of carbonyl (C=O) groups excluding carboxylic acids is 2. The fraction of sp³-hybridized carbons (Fsp3) is 0.867. The Labute approximate surface area is 144 Å². The van der Waals surface area contributed by atoms with Gasteiger partial charge in [0.15, 0.2) is 11.6 Å². The van der Waals surface area contributed by atoms with Crippen LogP contribution in [0.2, 0.25) is 0 Å². The highest BCUT2D eigenvalue weighted by molar-refractivity contribution is 9.10. The van der Waals surface area contributed by atoms with Crippen LogP contribution in [-0.2, 0) is 19.1 Å². The number of alkyl halides is 2. The molecule has 0 aliphatic rings. The highest BCUT2D eigenvalue weighted by atomic mass is 79.9. The van der Waals surface area contributed by atoms with Crippen LogP contribution in [-0.4, -0.2) is 45.1 Å². The van der Waals surface area contributed by atoms with E-state index in [1.807, 2.05) is 0 Å². The smallest absolute Gasteiger partial charge is 0.180 e. The molecule has 0 aromatic rings. The zero-order chi connectivity index (χ0) is 17.1. The Morgan fingerprint density at radius 2 is 1.33 bits per heavy atom. The Hall–Kier alpha value is 0.220. The minimum atomic E-state index is -0.909. The van der Waals surface area contributed by atoms with Crippen molar-refractivity contribution in [2.24, 2.45) is 0 Å². The lowest BCUT2D eigenvalue weighted by atomic mass is 9.94. The lowest BCUT2D eigenvalue weighted by Crippen LogP contribution is -2.46. The number of rotatable bonds is 9. The maximum atomic E-state index is 12.2. The number of carbonyl (C=O) groups is 2. The summed E-state index contributed by atoms with van der Waals surface area (Å²) in [6.07, 6.45) is 0. The molecule has 0 aliphatic carbocycles. The normalized spacial score (nSPS) is 14.9. The standard InChI is InChI=1S/C15H26Br2O4/c1-10(16)11(18)14(4,5)20-8-9-21-15(6,7)12(19)13(2,3)17/h10H,8-9H2,1-7H3. The van der Waals surface area contributed by atoms with E-state index in [2.05, 4.69) is 31.9 Å². The summed E-state index contributed by atoms with van der Waals surface area (Å²) in [6.45, 7) is 12.8. The minimum Gasteiger partial charge on any atom is -0.365 e. The predicted octanol–water partition coefficient (Wildman–Crippen LogP) is 3.67. The first-order valence-electron chi connectivity index (χ1n) is 6.92. The van der Waals surface area contributed by atoms with E-state index in [0.29, 0.717) is 0 Å². The molecule has 0 heterocycles. The molecule has 0 radical (unpaired) electrons. The van der Waals surface area contributed by atoms with Crippen LogP contribution in [0.15, 0.2) is 0 Å². The zero-order valence-electron chi connectivity index (χ0n) is 13.9. The van der Waals surface area contributed by atoms with Gasteiger partial charge >= 0.3 is 0 Å². The van der Waals surface area contributed by atoms with Crippen LogP contribution >= 0.6 is 31.9 Å². The van der Waals surface area contributed by atoms with Crippen molar-refractivity contribution >= 4 is 43.4 Å². The van der Waals surface area contributed by atoms with Gasteiger partial charge in [-0.3, -0.25) is 9.59 Å². The molecule has 0 fully saturated rings. The first kappa shape index (κ1) is 21.2. The van der Waals surface area contributed by atoms with Crippen LogP contribution in [0.3, 0.4) is 0 Å². The Kier molecular flexibility index (Phi) is 7.74. The Bertz CT molecular complexity index is 382. The molecule has 0 bridgehead atoms. The van der Waals surface area contributed by atoms with Gasteiger partial charge in [-0.2, -0.15) is 0 Å². The molecule has 4 nitrogen and oxygen atoms in total. The number of hydrogen-bond donors (Lipinski definition) is 0. The second kappa shape index (κ2) is 7.66. The quantitative estimate of drug-likeness (QED) is 0.414. The summed E-state index contributed by atoms with van der Waals surface area (Å²) in [5, 5.41) is 0. The van der Waals surface area contributed by atoms with Crippen LogP contribution in [0.5, 0.6) is 0 Å². The van der Waals surface area contributed by atoms with E-state index >= 15 is 0 Å². The van der Waals surface area contributed by atoms with Crippen molar-refractivity contribution in [2.45, 2.75) is 68.8 Å². The lowest BCUT2D eigenvalue weighted by Gasteiger charge is -2.30. The summed E-state index contributed by atoms with van der Waals surface area (Å²) in [7, 11) is 0. The third-order valence-corrected chi connectivity index (χ3v) is 3.83. The summed E-state index contributed by atoms with van der Waals surface area (Å²) < 4.78 is 10.6. The van der Waals surface area contributed by atoms with Crippen molar-refractivity contribution in [3.05, 3.63) is 0 Å². The first-order valence-corrected chi connectivity index (χ1v) is 8.63. The maximum absolute atomic E-state index is 12.2. The number of ether oxygens (including phenoxy) is 2. The third-order valence-electron chi connectivity index (χ3n) is 3.05. The van der Waals surface area contributed by atoms with Crippen LogP contribution in [0.25, 0.3) is 0 Å². The maximum Gasteiger partial charge on any atom is 0.180 e. The number of hydrogen-bond acceptors (Lipinski definition) is 4. The van der Waals surface area contributed by atoms with Gasteiger partial charge in [0.1, 0.15) is 11.2 Å². The van der Waals surface area contributed by atoms with Crippen molar-refractivity contribution in [1.82, 2.24) is 0 Å². The fourth-order valence-corrected chi connectivity index (χ4v) is 2.95. The number of halogens is 2. The number of Topliss-reactive ketones (excluding diaryl/α,β-unsaturated/α-hetero) is 2. The molecule has 0 N–H and O–H groups in total. The third kappa shape index (κ3) is 6.89. The Morgan fingerprint density at radius 1 is 0.952 bits per heavy atom. The zero-order valence-corrected chi connectivity index (χ0v) is 17.1. The molecule has 1 atom stereocenters. The van der Waals surface area contributed by atoms with Crippen molar-refractivity contribution in [2.75, 3.05) is 13.2 Å². The first-order chi connectivity index (χ1) is 9.22. The number of ketones is 2. The SMILES string of the molecule is CC(Br)C(=O)C(C)(C)OCCOC(C)(C)C(=O)C(C)(C)Br. The van der Waals surface area contributed by atoms with Crippen molar-refractivity contribution < 1.29 is 19.1 Å². The van der Waals surface area contributed by atoms with Gasteiger partial charge in [0.25, 0.3) is 0 Å². The van der Waals surface area contributed by atoms with E-state index in [-0.39, 0.29) is 29.6 Å². The molecule has 0 aromatic carbocycles.